The second-order valence-corrected chi connectivity index (χ2v) is 6.22. The van der Waals surface area contributed by atoms with E-state index >= 15 is 0 Å². The molecule has 1 aromatic carbocycles. The molecule has 18 heavy (non-hydrogen) atoms. The van der Waals surface area contributed by atoms with Gasteiger partial charge in [0.15, 0.2) is 0 Å². The van der Waals surface area contributed by atoms with Crippen molar-refractivity contribution in [1.29, 1.82) is 0 Å². The number of phenols is 1. The summed E-state index contributed by atoms with van der Waals surface area (Å²) in [4.78, 5) is 0. The van der Waals surface area contributed by atoms with E-state index in [1.807, 2.05) is 12.1 Å². The summed E-state index contributed by atoms with van der Waals surface area (Å²) in [5.74, 6) is 0.909. The van der Waals surface area contributed by atoms with Gasteiger partial charge in [0.25, 0.3) is 0 Å². The van der Waals surface area contributed by atoms with Gasteiger partial charge in [-0.3, -0.25) is 0 Å². The number of aromatic nitrogens is 2. The number of aromatic hydroxyl groups is 1. The number of phenolic OH excluding ortho intramolecular Hbond substituents is 1. The first-order chi connectivity index (χ1) is 8.72. The summed E-state index contributed by atoms with van der Waals surface area (Å²) in [5, 5.41) is 23.0. The minimum atomic E-state index is 0.255. The van der Waals surface area contributed by atoms with Crippen molar-refractivity contribution >= 4 is 32.4 Å². The Bertz CT molecular complexity index is 568. The zero-order valence-corrected chi connectivity index (χ0v) is 12.0. The Labute approximate surface area is 117 Å². The van der Waals surface area contributed by atoms with Crippen molar-refractivity contribution in [3.8, 4) is 5.75 Å². The topological polar surface area (TPSA) is 58.0 Å². The first-order valence-electron chi connectivity index (χ1n) is 5.77. The molecule has 0 spiro atoms. The minimum Gasteiger partial charge on any atom is -0.507 e. The first kappa shape index (κ1) is 11.9. The van der Waals surface area contributed by atoms with E-state index in [1.165, 1.54) is 12.8 Å². The molecule has 2 aromatic rings. The molecule has 0 atom stereocenters. The van der Waals surface area contributed by atoms with Gasteiger partial charge >= 0.3 is 0 Å². The van der Waals surface area contributed by atoms with Crippen molar-refractivity contribution in [2.45, 2.75) is 25.3 Å². The smallest absolute Gasteiger partial charge is 0.205 e. The quantitative estimate of drug-likeness (QED) is 0.903. The van der Waals surface area contributed by atoms with Crippen LogP contribution in [0, 0.1) is 0 Å². The predicted octanol–water partition coefficient (Wildman–Crippen LogP) is 3.50. The van der Waals surface area contributed by atoms with E-state index in [4.69, 9.17) is 0 Å². The molecule has 0 bridgehead atoms. The Morgan fingerprint density at radius 3 is 2.94 bits per heavy atom. The molecular weight excluding hydrogens is 314 g/mol. The number of hydrogen-bond acceptors (Lipinski definition) is 5. The van der Waals surface area contributed by atoms with Gasteiger partial charge < -0.3 is 10.4 Å². The maximum Gasteiger partial charge on any atom is 0.205 e. The lowest BCUT2D eigenvalue weighted by Crippen LogP contribution is -1.98. The van der Waals surface area contributed by atoms with Crippen LogP contribution in [0.2, 0.25) is 0 Å². The lowest BCUT2D eigenvalue weighted by atomic mass is 10.2. The Balaban J connectivity index is 1.63. The SMILES string of the molecule is Oc1ccc(CNc2nnc(C3CC3)s2)cc1Br. The Hall–Kier alpha value is -1.14. The third-order valence-electron chi connectivity index (χ3n) is 2.82. The molecular formula is C12H12BrN3OS. The number of halogens is 1. The van der Waals surface area contributed by atoms with Crippen LogP contribution in [0.1, 0.15) is 29.3 Å². The predicted molar refractivity (Wildman–Crippen MR) is 75.0 cm³/mol. The zero-order valence-electron chi connectivity index (χ0n) is 9.56. The molecule has 0 saturated heterocycles. The Morgan fingerprint density at radius 1 is 1.39 bits per heavy atom. The van der Waals surface area contributed by atoms with Crippen LogP contribution in [0.15, 0.2) is 22.7 Å². The molecule has 1 fully saturated rings. The summed E-state index contributed by atoms with van der Waals surface area (Å²) in [6.07, 6.45) is 2.50. The van der Waals surface area contributed by atoms with Crippen LogP contribution in [-0.2, 0) is 6.54 Å². The highest BCUT2D eigenvalue weighted by atomic mass is 79.9. The number of nitrogens with one attached hydrogen (secondary N) is 1. The van der Waals surface area contributed by atoms with Gasteiger partial charge in [-0.2, -0.15) is 0 Å². The monoisotopic (exact) mass is 325 g/mol. The molecule has 0 unspecified atom stereocenters. The van der Waals surface area contributed by atoms with Crippen LogP contribution >= 0.6 is 27.3 Å². The average molecular weight is 326 g/mol. The Morgan fingerprint density at radius 2 is 2.22 bits per heavy atom. The lowest BCUT2D eigenvalue weighted by molar-refractivity contribution is 0.471. The number of benzene rings is 1. The molecule has 1 aromatic heterocycles. The van der Waals surface area contributed by atoms with Crippen molar-refractivity contribution in [2.75, 3.05) is 5.32 Å². The largest absolute Gasteiger partial charge is 0.507 e. The van der Waals surface area contributed by atoms with Crippen molar-refractivity contribution in [2.24, 2.45) is 0 Å². The van der Waals surface area contributed by atoms with E-state index in [0.717, 1.165) is 15.7 Å². The van der Waals surface area contributed by atoms with Gasteiger partial charge in [0, 0.05) is 12.5 Å². The Kier molecular flexibility index (Phi) is 3.22. The molecule has 1 aliphatic carbocycles. The summed E-state index contributed by atoms with van der Waals surface area (Å²) < 4.78 is 0.706. The highest BCUT2D eigenvalue weighted by molar-refractivity contribution is 9.10. The molecule has 0 amide bonds. The maximum atomic E-state index is 9.41. The number of hydrogen-bond donors (Lipinski definition) is 2. The normalized spacial score (nSPS) is 14.7. The molecule has 94 valence electrons. The summed E-state index contributed by atoms with van der Waals surface area (Å²) in [6.45, 7) is 0.679. The van der Waals surface area contributed by atoms with E-state index in [2.05, 4.69) is 31.4 Å². The van der Waals surface area contributed by atoms with Crippen LogP contribution in [0.3, 0.4) is 0 Å². The standard InChI is InChI=1S/C12H12BrN3OS/c13-9-5-7(1-4-10(9)17)6-14-12-16-15-11(18-12)8-2-3-8/h1,4-5,8,17H,2-3,6H2,(H,14,16). The van der Waals surface area contributed by atoms with E-state index in [1.54, 1.807) is 17.4 Å². The van der Waals surface area contributed by atoms with Crippen molar-refractivity contribution in [3.63, 3.8) is 0 Å². The van der Waals surface area contributed by atoms with E-state index in [-0.39, 0.29) is 5.75 Å². The van der Waals surface area contributed by atoms with Crippen LogP contribution in [0.25, 0.3) is 0 Å². The summed E-state index contributed by atoms with van der Waals surface area (Å²) in [6, 6.07) is 5.46. The summed E-state index contributed by atoms with van der Waals surface area (Å²) in [7, 11) is 0. The molecule has 2 N–H and O–H groups in total. The summed E-state index contributed by atoms with van der Waals surface area (Å²) >= 11 is 4.94. The van der Waals surface area contributed by atoms with Gasteiger partial charge in [-0.25, -0.2) is 0 Å². The molecule has 4 nitrogen and oxygen atoms in total. The second kappa shape index (κ2) is 4.85. The molecule has 0 radical (unpaired) electrons. The van der Waals surface area contributed by atoms with E-state index in [0.29, 0.717) is 16.9 Å². The zero-order chi connectivity index (χ0) is 12.5. The number of nitrogens with zero attached hydrogens (tertiary/aromatic N) is 2. The minimum absolute atomic E-state index is 0.255. The molecule has 3 rings (SSSR count). The summed E-state index contributed by atoms with van der Waals surface area (Å²) in [5.41, 5.74) is 1.09. The van der Waals surface area contributed by atoms with E-state index < -0.39 is 0 Å². The highest BCUT2D eigenvalue weighted by Crippen LogP contribution is 2.42. The lowest BCUT2D eigenvalue weighted by Gasteiger charge is -2.04. The fourth-order valence-corrected chi connectivity index (χ4v) is 2.97. The van der Waals surface area contributed by atoms with Crippen LogP contribution in [-0.4, -0.2) is 15.3 Å². The average Bonchev–Trinajstić information content (AvgIpc) is 3.11. The molecule has 6 heteroatoms. The van der Waals surface area contributed by atoms with Gasteiger partial charge in [-0.1, -0.05) is 17.4 Å². The van der Waals surface area contributed by atoms with E-state index in [9.17, 15) is 5.11 Å². The molecule has 0 aliphatic heterocycles. The van der Waals surface area contributed by atoms with Gasteiger partial charge in [0.2, 0.25) is 5.13 Å². The second-order valence-electron chi connectivity index (χ2n) is 4.36. The van der Waals surface area contributed by atoms with Gasteiger partial charge in [0.1, 0.15) is 10.8 Å². The number of anilines is 1. The van der Waals surface area contributed by atoms with Crippen molar-refractivity contribution < 1.29 is 5.11 Å². The third-order valence-corrected chi connectivity index (χ3v) is 4.50. The number of rotatable bonds is 4. The highest BCUT2D eigenvalue weighted by Gasteiger charge is 2.27. The third kappa shape index (κ3) is 2.64. The fraction of sp³-hybridized carbons (Fsp3) is 0.333. The van der Waals surface area contributed by atoms with Crippen molar-refractivity contribution in [3.05, 3.63) is 33.2 Å². The van der Waals surface area contributed by atoms with Crippen LogP contribution in [0.5, 0.6) is 5.75 Å². The fourth-order valence-electron chi connectivity index (χ4n) is 1.64. The first-order valence-corrected chi connectivity index (χ1v) is 7.38. The van der Waals surface area contributed by atoms with Crippen LogP contribution < -0.4 is 5.32 Å². The molecule has 1 heterocycles. The maximum absolute atomic E-state index is 9.41. The van der Waals surface area contributed by atoms with Gasteiger partial charge in [-0.15, -0.1) is 10.2 Å². The molecule has 1 saturated carbocycles. The van der Waals surface area contributed by atoms with Gasteiger partial charge in [0.05, 0.1) is 4.47 Å². The molecule has 1 aliphatic rings. The van der Waals surface area contributed by atoms with Gasteiger partial charge in [-0.05, 0) is 46.5 Å². The van der Waals surface area contributed by atoms with Crippen LogP contribution in [0.4, 0.5) is 5.13 Å². The van der Waals surface area contributed by atoms with Crippen molar-refractivity contribution in [1.82, 2.24) is 10.2 Å².